The highest BCUT2D eigenvalue weighted by molar-refractivity contribution is 9.10. The maximum absolute atomic E-state index is 13.2. The van der Waals surface area contributed by atoms with Crippen molar-refractivity contribution < 1.29 is 39.3 Å². The highest BCUT2D eigenvalue weighted by atomic mass is 79.9. The Kier molecular flexibility index (Phi) is 10.5. The lowest BCUT2D eigenvalue weighted by Crippen LogP contribution is -2.46. The molecule has 12 heteroatoms. The number of amides is 3. The minimum atomic E-state index is -1.81. The van der Waals surface area contributed by atoms with Crippen LogP contribution in [0.25, 0.3) is 0 Å². The number of benzene rings is 3. The van der Waals surface area contributed by atoms with Gasteiger partial charge in [-0.1, -0.05) is 52.3 Å². The lowest BCUT2D eigenvalue weighted by atomic mass is 9.98. The maximum atomic E-state index is 13.2. The number of hydrogen-bond acceptors (Lipinski definition) is 7. The molecule has 0 bridgehead atoms. The van der Waals surface area contributed by atoms with Crippen LogP contribution in [0.15, 0.2) is 71.2 Å². The van der Waals surface area contributed by atoms with Crippen LogP contribution >= 0.6 is 15.9 Å². The summed E-state index contributed by atoms with van der Waals surface area (Å²) >= 11 is 3.34. The summed E-state index contributed by atoms with van der Waals surface area (Å²) in [6.45, 7) is 0.919. The molecule has 0 saturated carbocycles. The number of aliphatic hydroxyl groups is 1. The van der Waals surface area contributed by atoms with Gasteiger partial charge in [0.2, 0.25) is 11.8 Å². The van der Waals surface area contributed by atoms with Gasteiger partial charge in [0.1, 0.15) is 0 Å². The van der Waals surface area contributed by atoms with Gasteiger partial charge in [0.15, 0.2) is 0 Å². The van der Waals surface area contributed by atoms with Crippen LogP contribution in [-0.4, -0.2) is 62.5 Å². The molecular weight excluding hydrogens is 598 g/mol. The number of carboxylic acids is 2. The van der Waals surface area contributed by atoms with Crippen LogP contribution in [0.5, 0.6) is 0 Å². The monoisotopic (exact) mass is 625 g/mol. The van der Waals surface area contributed by atoms with Crippen molar-refractivity contribution in [3.8, 4) is 0 Å². The number of carbonyl (C=O) groups is 5. The molecule has 0 unspecified atom stereocenters. The number of nitrogens with two attached hydrogens (primary N) is 1. The molecule has 0 fully saturated rings. The SMILES string of the molecule is CC(=O)N(Cc1ccc(Br)cc1)C(=O)[C@@H](N)Cc1ccc(N(C(=O)C(=O)O)c2ccccc2C(=O)O)c(CCO)c1. The summed E-state index contributed by atoms with van der Waals surface area (Å²) in [5.41, 5.74) is 7.34. The van der Waals surface area contributed by atoms with E-state index in [0.717, 1.165) is 19.8 Å². The van der Waals surface area contributed by atoms with Crippen LogP contribution in [0.1, 0.15) is 34.0 Å². The van der Waals surface area contributed by atoms with E-state index in [-0.39, 0.29) is 42.9 Å². The van der Waals surface area contributed by atoms with E-state index in [1.54, 1.807) is 30.3 Å². The molecule has 1 atom stereocenters. The topological polar surface area (TPSA) is 179 Å². The smallest absolute Gasteiger partial charge is 0.395 e. The van der Waals surface area contributed by atoms with Crippen LogP contribution in [0, 0.1) is 0 Å². The van der Waals surface area contributed by atoms with E-state index >= 15 is 0 Å². The molecule has 3 aromatic carbocycles. The second kappa shape index (κ2) is 13.8. The zero-order chi connectivity index (χ0) is 30.3. The number of para-hydroxylation sites is 1. The van der Waals surface area contributed by atoms with Gasteiger partial charge in [-0.3, -0.25) is 24.2 Å². The first kappa shape index (κ1) is 31.1. The van der Waals surface area contributed by atoms with Gasteiger partial charge in [-0.25, -0.2) is 9.59 Å². The van der Waals surface area contributed by atoms with Crippen LogP contribution < -0.4 is 10.6 Å². The Hall–Kier alpha value is -4.39. The fraction of sp³-hybridized carbons (Fsp3) is 0.207. The van der Waals surface area contributed by atoms with Crippen molar-refractivity contribution in [3.05, 3.63) is 93.5 Å². The predicted molar refractivity (Wildman–Crippen MR) is 152 cm³/mol. The van der Waals surface area contributed by atoms with Crippen molar-refractivity contribution in [3.63, 3.8) is 0 Å². The molecule has 3 rings (SSSR count). The number of anilines is 2. The number of rotatable bonds is 10. The lowest BCUT2D eigenvalue weighted by molar-refractivity contribution is -0.148. The van der Waals surface area contributed by atoms with Crippen molar-refractivity contribution in [2.24, 2.45) is 5.73 Å². The Morgan fingerprint density at radius 1 is 0.902 bits per heavy atom. The molecular formula is C29H28BrN3O8. The molecule has 0 aliphatic rings. The van der Waals surface area contributed by atoms with Gasteiger partial charge in [-0.05, 0) is 59.9 Å². The molecule has 3 amide bonds. The Balaban J connectivity index is 1.96. The minimum Gasteiger partial charge on any atom is -0.478 e. The van der Waals surface area contributed by atoms with Crippen LogP contribution in [0.4, 0.5) is 11.4 Å². The first-order valence-corrected chi connectivity index (χ1v) is 13.2. The lowest BCUT2D eigenvalue weighted by Gasteiger charge is -2.26. The number of aliphatic hydroxyl groups excluding tert-OH is 1. The van der Waals surface area contributed by atoms with Crippen LogP contribution in [-0.2, 0) is 38.6 Å². The summed E-state index contributed by atoms with van der Waals surface area (Å²) in [4.78, 5) is 63.6. The molecule has 5 N–H and O–H groups in total. The van der Waals surface area contributed by atoms with Crippen molar-refractivity contribution in [1.29, 1.82) is 0 Å². The number of aliphatic carboxylic acids is 1. The maximum Gasteiger partial charge on any atom is 0.395 e. The summed E-state index contributed by atoms with van der Waals surface area (Å²) in [6.07, 6.45) is -0.0334. The van der Waals surface area contributed by atoms with E-state index in [1.807, 2.05) is 0 Å². The van der Waals surface area contributed by atoms with E-state index in [1.165, 1.54) is 43.3 Å². The Bertz CT molecular complexity index is 1480. The van der Waals surface area contributed by atoms with Gasteiger partial charge < -0.3 is 21.1 Å². The van der Waals surface area contributed by atoms with Gasteiger partial charge in [-0.2, -0.15) is 0 Å². The number of hydrogen-bond donors (Lipinski definition) is 4. The summed E-state index contributed by atoms with van der Waals surface area (Å²) in [6, 6.07) is 15.9. The molecule has 0 radical (unpaired) electrons. The number of nitrogens with zero attached hydrogens (tertiary/aromatic N) is 2. The highest BCUT2D eigenvalue weighted by Crippen LogP contribution is 2.33. The Morgan fingerprint density at radius 3 is 2.12 bits per heavy atom. The fourth-order valence-corrected chi connectivity index (χ4v) is 4.52. The first-order chi connectivity index (χ1) is 19.4. The largest absolute Gasteiger partial charge is 0.478 e. The van der Waals surface area contributed by atoms with E-state index in [4.69, 9.17) is 5.73 Å². The Labute approximate surface area is 243 Å². The average Bonchev–Trinajstić information content (AvgIpc) is 2.93. The average molecular weight is 626 g/mol. The molecule has 0 aliphatic carbocycles. The zero-order valence-electron chi connectivity index (χ0n) is 22.0. The van der Waals surface area contributed by atoms with Gasteiger partial charge in [0.05, 0.1) is 29.5 Å². The number of halogens is 1. The second-order valence-corrected chi connectivity index (χ2v) is 10.0. The number of imide groups is 1. The molecule has 0 saturated heterocycles. The zero-order valence-corrected chi connectivity index (χ0v) is 23.6. The highest BCUT2D eigenvalue weighted by Gasteiger charge is 2.30. The van der Waals surface area contributed by atoms with Crippen molar-refractivity contribution >= 4 is 57.0 Å². The fourth-order valence-electron chi connectivity index (χ4n) is 4.26. The molecule has 3 aromatic rings. The van der Waals surface area contributed by atoms with Crippen molar-refractivity contribution in [2.75, 3.05) is 11.5 Å². The molecule has 0 aromatic heterocycles. The van der Waals surface area contributed by atoms with Crippen molar-refractivity contribution in [1.82, 2.24) is 4.90 Å². The minimum absolute atomic E-state index is 0.0136. The molecule has 0 aliphatic heterocycles. The Morgan fingerprint density at radius 2 is 1.54 bits per heavy atom. The standard InChI is InChI=1S/C29H28BrN3O8/c1-17(35)32(16-18-6-9-21(30)10-7-18)26(36)23(31)15-19-8-11-24(20(14-19)12-13-34)33(27(37)29(40)41)25-5-3-2-4-22(25)28(38)39/h2-11,14,23,34H,12-13,15-16,31H2,1H3,(H,38,39)(H,40,41)/t23-/m0/s1. The molecule has 41 heavy (non-hydrogen) atoms. The van der Waals surface area contributed by atoms with E-state index in [0.29, 0.717) is 11.1 Å². The van der Waals surface area contributed by atoms with Gasteiger partial charge in [0, 0.05) is 18.0 Å². The number of aromatic carboxylic acids is 1. The van der Waals surface area contributed by atoms with Gasteiger partial charge in [0.25, 0.3) is 0 Å². The number of carboxylic acid groups (broad SMARTS) is 2. The van der Waals surface area contributed by atoms with Crippen LogP contribution in [0.3, 0.4) is 0 Å². The number of carbonyl (C=O) groups excluding carboxylic acids is 3. The van der Waals surface area contributed by atoms with E-state index in [2.05, 4.69) is 15.9 Å². The third-order valence-electron chi connectivity index (χ3n) is 6.20. The summed E-state index contributed by atoms with van der Waals surface area (Å²) < 4.78 is 0.843. The van der Waals surface area contributed by atoms with Gasteiger partial charge in [-0.15, -0.1) is 0 Å². The molecule has 214 valence electrons. The van der Waals surface area contributed by atoms with Gasteiger partial charge >= 0.3 is 17.8 Å². The molecule has 11 nitrogen and oxygen atoms in total. The summed E-state index contributed by atoms with van der Waals surface area (Å²) in [7, 11) is 0. The third kappa shape index (κ3) is 7.63. The van der Waals surface area contributed by atoms with Crippen molar-refractivity contribution in [2.45, 2.75) is 32.4 Å². The second-order valence-electron chi connectivity index (χ2n) is 9.09. The normalized spacial score (nSPS) is 11.4. The van der Waals surface area contributed by atoms with Crippen LogP contribution in [0.2, 0.25) is 0 Å². The molecule has 0 heterocycles. The molecule has 0 spiro atoms. The van der Waals surface area contributed by atoms with E-state index in [9.17, 15) is 39.3 Å². The third-order valence-corrected chi connectivity index (χ3v) is 6.73. The van der Waals surface area contributed by atoms with E-state index < -0.39 is 35.7 Å². The first-order valence-electron chi connectivity index (χ1n) is 12.4. The predicted octanol–water partition coefficient (Wildman–Crippen LogP) is 2.88. The quantitative estimate of drug-likeness (QED) is 0.246. The summed E-state index contributed by atoms with van der Waals surface area (Å²) in [5.74, 6) is -5.67. The summed E-state index contributed by atoms with van der Waals surface area (Å²) in [5, 5.41) is 28.8.